The van der Waals surface area contributed by atoms with Crippen LogP contribution in [0.2, 0.25) is 0 Å². The largest absolute Gasteiger partial charge is 0.463 e. The van der Waals surface area contributed by atoms with Gasteiger partial charge in [-0.25, -0.2) is 0 Å². The molecule has 0 saturated carbocycles. The Morgan fingerprint density at radius 3 is 2.65 bits per heavy atom. The van der Waals surface area contributed by atoms with E-state index < -0.39 is 0 Å². The molecule has 0 spiro atoms. The summed E-state index contributed by atoms with van der Waals surface area (Å²) in [7, 11) is 0. The second-order valence-corrected chi connectivity index (χ2v) is 5.69. The van der Waals surface area contributed by atoms with E-state index in [0.717, 1.165) is 25.9 Å². The van der Waals surface area contributed by atoms with E-state index in [4.69, 9.17) is 4.74 Å². The minimum absolute atomic E-state index is 0.0901. The molecule has 1 aromatic heterocycles. The summed E-state index contributed by atoms with van der Waals surface area (Å²) in [6, 6.07) is 0.413. The molecule has 6 heteroatoms. The van der Waals surface area contributed by atoms with Crippen molar-refractivity contribution in [2.24, 2.45) is 0 Å². The van der Waals surface area contributed by atoms with E-state index in [-0.39, 0.29) is 5.54 Å². The maximum atomic E-state index is 5.58. The molecule has 1 N–H and O–H groups in total. The van der Waals surface area contributed by atoms with Gasteiger partial charge < -0.3 is 15.0 Å². The molecule has 0 radical (unpaired) electrons. The summed E-state index contributed by atoms with van der Waals surface area (Å²) in [4.78, 5) is 15.5. The van der Waals surface area contributed by atoms with Crippen LogP contribution in [0.5, 0.6) is 6.01 Å². The Hall–Kier alpha value is -1.59. The molecule has 1 saturated heterocycles. The van der Waals surface area contributed by atoms with E-state index in [1.165, 1.54) is 6.42 Å². The highest BCUT2D eigenvalue weighted by molar-refractivity contribution is 5.42. The van der Waals surface area contributed by atoms with E-state index in [1.807, 2.05) is 6.92 Å². The third kappa shape index (κ3) is 3.29. The van der Waals surface area contributed by atoms with Crippen LogP contribution >= 0.6 is 0 Å². The summed E-state index contributed by atoms with van der Waals surface area (Å²) in [6.07, 6.45) is 3.26. The van der Waals surface area contributed by atoms with E-state index in [9.17, 15) is 0 Å². The summed E-state index contributed by atoms with van der Waals surface area (Å²) in [6.45, 7) is 10.9. The zero-order valence-electron chi connectivity index (χ0n) is 12.9. The lowest BCUT2D eigenvalue weighted by Crippen LogP contribution is -2.39. The number of aromatic nitrogens is 3. The van der Waals surface area contributed by atoms with E-state index in [2.05, 4.69) is 45.9 Å². The van der Waals surface area contributed by atoms with E-state index >= 15 is 0 Å². The van der Waals surface area contributed by atoms with Crippen molar-refractivity contribution in [3.63, 3.8) is 0 Å². The normalized spacial score (nSPS) is 17.3. The van der Waals surface area contributed by atoms with Gasteiger partial charge in [-0.3, -0.25) is 0 Å². The highest BCUT2D eigenvalue weighted by atomic mass is 16.5. The predicted molar refractivity (Wildman–Crippen MR) is 80.4 cm³/mol. The lowest BCUT2D eigenvalue weighted by molar-refractivity contribution is 0.291. The maximum absolute atomic E-state index is 5.58. The molecule has 112 valence electrons. The number of anilines is 2. The number of hydrogen-bond acceptors (Lipinski definition) is 6. The van der Waals surface area contributed by atoms with Crippen molar-refractivity contribution in [2.75, 3.05) is 29.9 Å². The third-order valence-corrected chi connectivity index (χ3v) is 3.52. The van der Waals surface area contributed by atoms with E-state index in [0.29, 0.717) is 24.5 Å². The molecule has 0 amide bonds. The van der Waals surface area contributed by atoms with Gasteiger partial charge in [0.05, 0.1) is 6.61 Å². The van der Waals surface area contributed by atoms with Crippen LogP contribution in [0.25, 0.3) is 0 Å². The smallest absolute Gasteiger partial charge is 0.323 e. The number of rotatable bonds is 6. The lowest BCUT2D eigenvalue weighted by Gasteiger charge is -2.31. The molecule has 2 heterocycles. The number of ether oxygens (including phenoxy) is 1. The average molecular weight is 279 g/mol. The van der Waals surface area contributed by atoms with Gasteiger partial charge in [0.15, 0.2) is 0 Å². The molecule has 1 aliphatic heterocycles. The zero-order valence-corrected chi connectivity index (χ0v) is 12.9. The minimum atomic E-state index is 0.0901. The SMILES string of the molecule is CCCOc1nc(NCC)nc(N2CCCC2(C)C)n1. The molecule has 2 rings (SSSR count). The van der Waals surface area contributed by atoms with Crippen LogP contribution < -0.4 is 15.0 Å². The monoisotopic (exact) mass is 279 g/mol. The molecule has 6 nitrogen and oxygen atoms in total. The Morgan fingerprint density at radius 2 is 2.05 bits per heavy atom. The highest BCUT2D eigenvalue weighted by Crippen LogP contribution is 2.32. The van der Waals surface area contributed by atoms with Crippen LogP contribution in [0.4, 0.5) is 11.9 Å². The van der Waals surface area contributed by atoms with Crippen LogP contribution in [-0.2, 0) is 0 Å². The second-order valence-electron chi connectivity index (χ2n) is 5.69. The minimum Gasteiger partial charge on any atom is -0.463 e. The van der Waals surface area contributed by atoms with Crippen molar-refractivity contribution in [3.05, 3.63) is 0 Å². The van der Waals surface area contributed by atoms with Crippen LogP contribution in [0.1, 0.15) is 47.0 Å². The standard InChI is InChI=1S/C14H25N5O/c1-5-10-20-13-17-11(15-6-2)16-12(18-13)19-9-7-8-14(19,3)4/h5-10H2,1-4H3,(H,15,16,17,18). The molecule has 0 unspecified atom stereocenters. The Labute approximate surface area is 121 Å². The summed E-state index contributed by atoms with van der Waals surface area (Å²) in [5, 5.41) is 3.15. The lowest BCUT2D eigenvalue weighted by atomic mass is 10.0. The summed E-state index contributed by atoms with van der Waals surface area (Å²) >= 11 is 0. The zero-order chi connectivity index (χ0) is 14.6. The Balaban J connectivity index is 2.28. The van der Waals surface area contributed by atoms with Gasteiger partial charge >= 0.3 is 6.01 Å². The molecular formula is C14H25N5O. The fraction of sp³-hybridized carbons (Fsp3) is 0.786. The quantitative estimate of drug-likeness (QED) is 0.863. The summed E-state index contributed by atoms with van der Waals surface area (Å²) < 4.78 is 5.58. The first-order valence-corrected chi connectivity index (χ1v) is 7.47. The van der Waals surface area contributed by atoms with Crippen molar-refractivity contribution >= 4 is 11.9 Å². The maximum Gasteiger partial charge on any atom is 0.323 e. The van der Waals surface area contributed by atoms with Gasteiger partial charge in [-0.2, -0.15) is 15.0 Å². The predicted octanol–water partition coefficient (Wildman–Crippen LogP) is 2.47. The van der Waals surface area contributed by atoms with Crippen molar-refractivity contribution in [1.82, 2.24) is 15.0 Å². The number of nitrogens with zero attached hydrogens (tertiary/aromatic N) is 4. The van der Waals surface area contributed by atoms with Gasteiger partial charge in [-0.1, -0.05) is 6.92 Å². The van der Waals surface area contributed by atoms with Gasteiger partial charge in [-0.15, -0.1) is 0 Å². The first-order valence-electron chi connectivity index (χ1n) is 7.47. The molecule has 1 aliphatic rings. The molecule has 0 aromatic carbocycles. The van der Waals surface area contributed by atoms with Crippen LogP contribution in [0, 0.1) is 0 Å². The van der Waals surface area contributed by atoms with Crippen LogP contribution in [-0.4, -0.2) is 40.2 Å². The van der Waals surface area contributed by atoms with Crippen LogP contribution in [0.3, 0.4) is 0 Å². The average Bonchev–Trinajstić information content (AvgIpc) is 2.76. The Kier molecular flexibility index (Phi) is 4.62. The molecule has 0 aliphatic carbocycles. The van der Waals surface area contributed by atoms with Crippen molar-refractivity contribution < 1.29 is 4.74 Å². The fourth-order valence-electron chi connectivity index (χ4n) is 2.44. The van der Waals surface area contributed by atoms with Crippen molar-refractivity contribution in [2.45, 2.75) is 52.5 Å². The molecule has 1 aromatic rings. The topological polar surface area (TPSA) is 63.2 Å². The highest BCUT2D eigenvalue weighted by Gasteiger charge is 2.34. The Bertz CT molecular complexity index is 449. The van der Waals surface area contributed by atoms with Crippen LogP contribution in [0.15, 0.2) is 0 Å². The van der Waals surface area contributed by atoms with Gasteiger partial charge in [0, 0.05) is 18.6 Å². The first kappa shape index (κ1) is 14.8. The molecule has 1 fully saturated rings. The van der Waals surface area contributed by atoms with Crippen molar-refractivity contribution in [3.8, 4) is 6.01 Å². The fourth-order valence-corrected chi connectivity index (χ4v) is 2.44. The Morgan fingerprint density at radius 1 is 1.25 bits per heavy atom. The molecule has 0 bridgehead atoms. The van der Waals surface area contributed by atoms with E-state index in [1.54, 1.807) is 0 Å². The molecular weight excluding hydrogens is 254 g/mol. The first-order chi connectivity index (χ1) is 9.56. The third-order valence-electron chi connectivity index (χ3n) is 3.52. The summed E-state index contributed by atoms with van der Waals surface area (Å²) in [5.74, 6) is 1.30. The van der Waals surface area contributed by atoms with Gasteiger partial charge in [0.25, 0.3) is 0 Å². The number of nitrogens with one attached hydrogen (secondary N) is 1. The summed E-state index contributed by atoms with van der Waals surface area (Å²) in [5.41, 5.74) is 0.0901. The van der Waals surface area contributed by atoms with Gasteiger partial charge in [0.1, 0.15) is 0 Å². The van der Waals surface area contributed by atoms with Gasteiger partial charge in [0.2, 0.25) is 11.9 Å². The van der Waals surface area contributed by atoms with Gasteiger partial charge in [-0.05, 0) is 40.0 Å². The second kappa shape index (κ2) is 6.24. The van der Waals surface area contributed by atoms with Crippen molar-refractivity contribution in [1.29, 1.82) is 0 Å². The molecule has 20 heavy (non-hydrogen) atoms. The number of hydrogen-bond donors (Lipinski definition) is 1. The molecule has 0 atom stereocenters.